The van der Waals surface area contributed by atoms with Crippen molar-refractivity contribution in [1.29, 1.82) is 0 Å². The molecule has 0 aliphatic carbocycles. The number of amides is 2. The zero-order valence-electron chi connectivity index (χ0n) is 17.9. The number of likely N-dealkylation sites (N-methyl/N-ethyl adjacent to an activating group) is 1. The Balaban J connectivity index is 1.54. The number of benzene rings is 2. The van der Waals surface area contributed by atoms with Crippen LogP contribution in [0, 0.1) is 11.7 Å². The van der Waals surface area contributed by atoms with Gasteiger partial charge in [0.1, 0.15) is 11.9 Å². The first-order valence-corrected chi connectivity index (χ1v) is 11.1. The van der Waals surface area contributed by atoms with E-state index in [2.05, 4.69) is 0 Å². The molecule has 0 bridgehead atoms. The van der Waals surface area contributed by atoms with Crippen LogP contribution in [0.3, 0.4) is 0 Å². The SMILES string of the molecule is CCN1CCN(C(=O)[C@@H]2CCCO2)C[C@@H](Cc2cccc(-c3ccc(F)cc3)c2)C1=O. The van der Waals surface area contributed by atoms with Gasteiger partial charge in [0.25, 0.3) is 5.91 Å². The lowest BCUT2D eigenvalue weighted by Gasteiger charge is -2.25. The van der Waals surface area contributed by atoms with Crippen LogP contribution in [0.15, 0.2) is 48.5 Å². The van der Waals surface area contributed by atoms with E-state index in [1.807, 2.05) is 41.0 Å². The van der Waals surface area contributed by atoms with Crippen molar-refractivity contribution >= 4 is 11.8 Å². The summed E-state index contributed by atoms with van der Waals surface area (Å²) in [6.45, 7) is 4.75. The molecule has 164 valence electrons. The molecule has 0 N–H and O–H groups in total. The summed E-state index contributed by atoms with van der Waals surface area (Å²) in [6.07, 6.45) is 1.85. The highest BCUT2D eigenvalue weighted by atomic mass is 19.1. The molecule has 0 aromatic heterocycles. The molecule has 0 spiro atoms. The fraction of sp³-hybridized carbons (Fsp3) is 0.440. The molecular formula is C25H29FN2O3. The van der Waals surface area contributed by atoms with Crippen LogP contribution in [0.4, 0.5) is 4.39 Å². The first-order valence-electron chi connectivity index (χ1n) is 11.1. The third-order valence-electron chi connectivity index (χ3n) is 6.23. The second kappa shape index (κ2) is 9.60. The van der Waals surface area contributed by atoms with Gasteiger partial charge in [0.15, 0.2) is 0 Å². The molecule has 2 aliphatic heterocycles. The van der Waals surface area contributed by atoms with Gasteiger partial charge in [0.2, 0.25) is 5.91 Å². The average molecular weight is 425 g/mol. The van der Waals surface area contributed by atoms with Crippen molar-refractivity contribution in [3.63, 3.8) is 0 Å². The van der Waals surface area contributed by atoms with E-state index < -0.39 is 0 Å². The molecule has 0 radical (unpaired) electrons. The summed E-state index contributed by atoms with van der Waals surface area (Å²) in [6, 6.07) is 14.4. The summed E-state index contributed by atoms with van der Waals surface area (Å²) in [5, 5.41) is 0. The molecule has 0 saturated carbocycles. The lowest BCUT2D eigenvalue weighted by atomic mass is 9.94. The van der Waals surface area contributed by atoms with Crippen LogP contribution in [0.2, 0.25) is 0 Å². The smallest absolute Gasteiger partial charge is 0.251 e. The highest BCUT2D eigenvalue weighted by Gasteiger charge is 2.35. The van der Waals surface area contributed by atoms with Gasteiger partial charge in [-0.3, -0.25) is 9.59 Å². The maximum absolute atomic E-state index is 13.3. The summed E-state index contributed by atoms with van der Waals surface area (Å²) in [4.78, 5) is 29.8. The number of ether oxygens (including phenoxy) is 1. The molecule has 31 heavy (non-hydrogen) atoms. The molecule has 2 aliphatic rings. The number of carbonyl (C=O) groups is 2. The van der Waals surface area contributed by atoms with E-state index in [-0.39, 0.29) is 29.7 Å². The highest BCUT2D eigenvalue weighted by Crippen LogP contribution is 2.24. The Morgan fingerprint density at radius 2 is 1.94 bits per heavy atom. The lowest BCUT2D eigenvalue weighted by molar-refractivity contribution is -0.141. The Hall–Kier alpha value is -2.73. The number of halogens is 1. The van der Waals surface area contributed by atoms with Crippen LogP contribution in [0.1, 0.15) is 25.3 Å². The van der Waals surface area contributed by atoms with Gasteiger partial charge >= 0.3 is 0 Å². The van der Waals surface area contributed by atoms with Crippen LogP contribution < -0.4 is 0 Å². The van der Waals surface area contributed by atoms with Gasteiger partial charge in [-0.25, -0.2) is 4.39 Å². The van der Waals surface area contributed by atoms with E-state index in [1.54, 1.807) is 12.1 Å². The van der Waals surface area contributed by atoms with Crippen LogP contribution in [-0.4, -0.2) is 60.5 Å². The van der Waals surface area contributed by atoms with E-state index in [0.717, 1.165) is 29.5 Å². The standard InChI is InChI=1S/C25H29FN2O3/c1-2-27-12-13-28(25(30)23-7-4-14-31-23)17-21(24(27)29)16-18-5-3-6-20(15-18)19-8-10-22(26)11-9-19/h3,5-6,8-11,15,21,23H,2,4,7,12-14,16-17H2,1H3/t21-,23+/m1/s1. The molecule has 2 fully saturated rings. The number of nitrogens with zero attached hydrogens (tertiary/aromatic N) is 2. The first-order chi connectivity index (χ1) is 15.0. The van der Waals surface area contributed by atoms with Gasteiger partial charge < -0.3 is 14.5 Å². The lowest BCUT2D eigenvalue weighted by Crippen LogP contribution is -2.42. The van der Waals surface area contributed by atoms with Crippen molar-refractivity contribution in [2.75, 3.05) is 32.8 Å². The van der Waals surface area contributed by atoms with Crippen LogP contribution in [0.25, 0.3) is 11.1 Å². The Bertz CT molecular complexity index is 925. The Labute approximate surface area is 182 Å². The molecule has 2 atom stereocenters. The predicted molar refractivity (Wildman–Crippen MR) is 117 cm³/mol. The predicted octanol–water partition coefficient (Wildman–Crippen LogP) is 3.52. The molecular weight excluding hydrogens is 395 g/mol. The summed E-state index contributed by atoms with van der Waals surface area (Å²) < 4.78 is 18.9. The Morgan fingerprint density at radius 3 is 2.65 bits per heavy atom. The quantitative estimate of drug-likeness (QED) is 0.738. The maximum atomic E-state index is 13.3. The summed E-state index contributed by atoms with van der Waals surface area (Å²) >= 11 is 0. The third kappa shape index (κ3) is 4.96. The van der Waals surface area contributed by atoms with Crippen LogP contribution >= 0.6 is 0 Å². The van der Waals surface area contributed by atoms with Crippen molar-refractivity contribution in [2.24, 2.45) is 5.92 Å². The summed E-state index contributed by atoms with van der Waals surface area (Å²) in [5.74, 6) is -0.457. The maximum Gasteiger partial charge on any atom is 0.251 e. The molecule has 0 unspecified atom stereocenters. The van der Waals surface area contributed by atoms with Crippen LogP contribution in [0.5, 0.6) is 0 Å². The largest absolute Gasteiger partial charge is 0.368 e. The zero-order valence-corrected chi connectivity index (χ0v) is 17.9. The molecule has 2 aromatic rings. The van der Waals surface area contributed by atoms with Gasteiger partial charge in [0.05, 0.1) is 5.92 Å². The third-order valence-corrected chi connectivity index (χ3v) is 6.23. The second-order valence-electron chi connectivity index (χ2n) is 8.31. The Morgan fingerprint density at radius 1 is 1.13 bits per heavy atom. The van der Waals surface area contributed by atoms with Crippen molar-refractivity contribution < 1.29 is 18.7 Å². The van der Waals surface area contributed by atoms with E-state index in [0.29, 0.717) is 39.2 Å². The van der Waals surface area contributed by atoms with Gasteiger partial charge in [-0.15, -0.1) is 0 Å². The fourth-order valence-electron chi connectivity index (χ4n) is 4.49. The van der Waals surface area contributed by atoms with E-state index >= 15 is 0 Å². The van der Waals surface area contributed by atoms with Gasteiger partial charge in [-0.2, -0.15) is 0 Å². The molecule has 2 saturated heterocycles. The summed E-state index contributed by atoms with van der Waals surface area (Å²) in [7, 11) is 0. The van der Waals surface area contributed by atoms with Crippen molar-refractivity contribution in [2.45, 2.75) is 32.3 Å². The van der Waals surface area contributed by atoms with E-state index in [9.17, 15) is 14.0 Å². The second-order valence-corrected chi connectivity index (χ2v) is 8.31. The van der Waals surface area contributed by atoms with Crippen LogP contribution in [-0.2, 0) is 20.7 Å². The monoisotopic (exact) mass is 424 g/mol. The zero-order chi connectivity index (χ0) is 21.8. The van der Waals surface area contributed by atoms with Crippen molar-refractivity contribution in [1.82, 2.24) is 9.80 Å². The molecule has 5 nitrogen and oxygen atoms in total. The summed E-state index contributed by atoms with van der Waals surface area (Å²) in [5.41, 5.74) is 2.95. The van der Waals surface area contributed by atoms with Gasteiger partial charge in [-0.1, -0.05) is 36.4 Å². The minimum atomic E-state index is -0.370. The minimum Gasteiger partial charge on any atom is -0.368 e. The first kappa shape index (κ1) is 21.5. The molecule has 2 amide bonds. The Kier molecular flexibility index (Phi) is 6.66. The molecule has 2 heterocycles. The van der Waals surface area contributed by atoms with Crippen molar-refractivity contribution in [3.05, 3.63) is 59.9 Å². The van der Waals surface area contributed by atoms with Gasteiger partial charge in [0, 0.05) is 32.8 Å². The minimum absolute atomic E-state index is 0.00770. The highest BCUT2D eigenvalue weighted by molar-refractivity contribution is 5.84. The van der Waals surface area contributed by atoms with E-state index in [4.69, 9.17) is 4.74 Å². The number of hydrogen-bond acceptors (Lipinski definition) is 3. The number of carbonyl (C=O) groups excluding carboxylic acids is 2. The number of hydrogen-bond donors (Lipinski definition) is 0. The van der Waals surface area contributed by atoms with Crippen molar-refractivity contribution in [3.8, 4) is 11.1 Å². The average Bonchev–Trinajstić information content (AvgIpc) is 3.28. The molecule has 6 heteroatoms. The van der Waals surface area contributed by atoms with Gasteiger partial charge in [-0.05, 0) is 55.0 Å². The normalized spacial score (nSPS) is 21.9. The molecule has 2 aromatic carbocycles. The fourth-order valence-corrected chi connectivity index (χ4v) is 4.49. The molecule has 4 rings (SSSR count). The topological polar surface area (TPSA) is 49.9 Å². The number of rotatable bonds is 5. The van der Waals surface area contributed by atoms with E-state index in [1.165, 1.54) is 12.1 Å².